The molecule has 112 valence electrons. The van der Waals surface area contributed by atoms with E-state index in [1.807, 2.05) is 42.5 Å². The second kappa shape index (κ2) is 7.79. The highest BCUT2D eigenvalue weighted by Crippen LogP contribution is 2.23. The number of nitriles is 2. The van der Waals surface area contributed by atoms with Crippen molar-refractivity contribution in [2.45, 2.75) is 0 Å². The quantitative estimate of drug-likeness (QED) is 0.617. The van der Waals surface area contributed by atoms with E-state index in [0.29, 0.717) is 0 Å². The number of piperazine rings is 1. The van der Waals surface area contributed by atoms with Gasteiger partial charge in [-0.05, 0) is 36.9 Å². The monoisotopic (exact) mass is 356 g/mol. The maximum absolute atomic E-state index is 8.89. The molecule has 0 unspecified atom stereocenters. The minimum atomic E-state index is 0.115. The normalized spacial score (nSPS) is 15.8. The average Bonchev–Trinajstić information content (AvgIpc) is 2.54. The molecule has 1 aromatic rings. The van der Waals surface area contributed by atoms with Crippen LogP contribution in [0, 0.1) is 22.7 Å². The molecule has 0 N–H and O–H groups in total. The average molecular weight is 357 g/mol. The van der Waals surface area contributed by atoms with Gasteiger partial charge in [0.05, 0.1) is 0 Å². The van der Waals surface area contributed by atoms with E-state index in [0.717, 1.165) is 41.9 Å². The van der Waals surface area contributed by atoms with Crippen molar-refractivity contribution >= 4 is 21.6 Å². The third-order valence-electron chi connectivity index (χ3n) is 3.63. The molecular weight excluding hydrogens is 340 g/mol. The molecule has 0 saturated carbocycles. The van der Waals surface area contributed by atoms with Gasteiger partial charge in [0, 0.05) is 36.3 Å². The summed E-state index contributed by atoms with van der Waals surface area (Å²) >= 11 is 3.45. The van der Waals surface area contributed by atoms with E-state index in [1.54, 1.807) is 6.08 Å². The van der Waals surface area contributed by atoms with Crippen LogP contribution in [0.1, 0.15) is 5.56 Å². The van der Waals surface area contributed by atoms with Gasteiger partial charge in [-0.25, -0.2) is 0 Å². The smallest absolute Gasteiger partial charge is 0.129 e. The van der Waals surface area contributed by atoms with E-state index < -0.39 is 0 Å². The first-order valence-corrected chi connectivity index (χ1v) is 7.85. The van der Waals surface area contributed by atoms with Crippen LogP contribution >= 0.6 is 15.9 Å². The molecule has 0 spiro atoms. The summed E-state index contributed by atoms with van der Waals surface area (Å²) in [6, 6.07) is 11.9. The molecule has 0 bridgehead atoms. The molecule has 2 rings (SSSR count). The van der Waals surface area contributed by atoms with Crippen molar-refractivity contribution in [1.29, 1.82) is 10.5 Å². The summed E-state index contributed by atoms with van der Waals surface area (Å²) in [5.74, 6) is 0. The zero-order valence-electron chi connectivity index (χ0n) is 12.5. The van der Waals surface area contributed by atoms with Crippen molar-refractivity contribution in [1.82, 2.24) is 9.80 Å². The van der Waals surface area contributed by atoms with E-state index in [2.05, 4.69) is 32.8 Å². The second-order valence-electron chi connectivity index (χ2n) is 5.15. The highest BCUT2D eigenvalue weighted by molar-refractivity contribution is 9.10. The maximum Gasteiger partial charge on any atom is 0.129 e. The van der Waals surface area contributed by atoms with Crippen LogP contribution in [-0.4, -0.2) is 43.0 Å². The second-order valence-corrected chi connectivity index (χ2v) is 6.07. The van der Waals surface area contributed by atoms with Gasteiger partial charge in [0.25, 0.3) is 0 Å². The van der Waals surface area contributed by atoms with Crippen LogP contribution < -0.4 is 0 Å². The highest BCUT2D eigenvalue weighted by atomic mass is 79.9. The maximum atomic E-state index is 8.89. The Labute approximate surface area is 139 Å². The summed E-state index contributed by atoms with van der Waals surface area (Å²) in [5.41, 5.74) is 2.24. The number of benzene rings is 1. The van der Waals surface area contributed by atoms with E-state index >= 15 is 0 Å². The molecule has 4 nitrogen and oxygen atoms in total. The van der Waals surface area contributed by atoms with Crippen molar-refractivity contribution in [3.63, 3.8) is 0 Å². The molecule has 5 heteroatoms. The lowest BCUT2D eigenvalue weighted by molar-refractivity contribution is 0.207. The van der Waals surface area contributed by atoms with Crippen molar-refractivity contribution < 1.29 is 0 Å². The Morgan fingerprint density at radius 3 is 2.18 bits per heavy atom. The Morgan fingerprint density at radius 1 is 1.05 bits per heavy atom. The Bertz CT molecular complexity index is 637. The number of allylic oxidation sites excluding steroid dienone is 3. The summed E-state index contributed by atoms with van der Waals surface area (Å²) in [4.78, 5) is 4.59. The van der Waals surface area contributed by atoms with Crippen LogP contribution in [0.3, 0.4) is 0 Å². The van der Waals surface area contributed by atoms with Gasteiger partial charge in [0.2, 0.25) is 0 Å². The van der Waals surface area contributed by atoms with Gasteiger partial charge >= 0.3 is 0 Å². The largest absolute Gasteiger partial charge is 0.368 e. The molecule has 0 amide bonds. The molecule has 1 fully saturated rings. The fourth-order valence-corrected chi connectivity index (χ4v) is 2.58. The standard InChI is InChI=1S/C17H17BrN4/c1-21-8-10-22(11-9-21)17(7-2-14(12-19)13-20)15-3-5-16(18)6-4-15/h2-7H,8-11H2,1H3. The third-order valence-corrected chi connectivity index (χ3v) is 4.16. The highest BCUT2D eigenvalue weighted by Gasteiger charge is 2.17. The topological polar surface area (TPSA) is 54.1 Å². The SMILES string of the molecule is CN1CCN(C(=CC=C(C#N)C#N)c2ccc(Br)cc2)CC1. The van der Waals surface area contributed by atoms with Gasteiger partial charge in [-0.3, -0.25) is 0 Å². The molecule has 0 atom stereocenters. The fraction of sp³-hybridized carbons (Fsp3) is 0.294. The summed E-state index contributed by atoms with van der Waals surface area (Å²) < 4.78 is 1.03. The van der Waals surface area contributed by atoms with Crippen LogP contribution in [0.25, 0.3) is 5.70 Å². The van der Waals surface area contributed by atoms with E-state index in [4.69, 9.17) is 10.5 Å². The number of nitrogens with zero attached hydrogens (tertiary/aromatic N) is 4. The number of rotatable bonds is 3. The third kappa shape index (κ3) is 4.21. The predicted octanol–water partition coefficient (Wildman–Crippen LogP) is 3.01. The summed E-state index contributed by atoms with van der Waals surface area (Å²) in [6.45, 7) is 3.86. The van der Waals surface area contributed by atoms with Gasteiger partial charge in [-0.15, -0.1) is 0 Å². The molecule has 22 heavy (non-hydrogen) atoms. The Balaban J connectivity index is 2.35. The minimum absolute atomic E-state index is 0.115. The van der Waals surface area contributed by atoms with Crippen molar-refractivity contribution in [2.24, 2.45) is 0 Å². The Kier molecular flexibility index (Phi) is 5.77. The lowest BCUT2D eigenvalue weighted by Gasteiger charge is -2.35. The zero-order chi connectivity index (χ0) is 15.9. The van der Waals surface area contributed by atoms with Crippen molar-refractivity contribution in [3.8, 4) is 12.1 Å². The van der Waals surface area contributed by atoms with Crippen LogP contribution in [0.5, 0.6) is 0 Å². The molecule has 0 aliphatic carbocycles. The van der Waals surface area contributed by atoms with Gasteiger partial charge in [-0.2, -0.15) is 10.5 Å². The minimum Gasteiger partial charge on any atom is -0.368 e. The molecule has 1 aromatic carbocycles. The first kappa shape index (κ1) is 16.3. The Hall–Kier alpha value is -2.08. The van der Waals surface area contributed by atoms with E-state index in [1.165, 1.54) is 0 Å². The predicted molar refractivity (Wildman–Crippen MR) is 90.5 cm³/mol. The van der Waals surface area contributed by atoms with Gasteiger partial charge < -0.3 is 9.80 Å². The van der Waals surface area contributed by atoms with E-state index in [-0.39, 0.29) is 5.57 Å². The summed E-state index contributed by atoms with van der Waals surface area (Å²) in [7, 11) is 2.11. The van der Waals surface area contributed by atoms with Crippen molar-refractivity contribution in [3.05, 3.63) is 52.0 Å². The lowest BCUT2D eigenvalue weighted by atomic mass is 10.1. The van der Waals surface area contributed by atoms with Gasteiger partial charge in [0.1, 0.15) is 17.7 Å². The lowest BCUT2D eigenvalue weighted by Crippen LogP contribution is -2.43. The van der Waals surface area contributed by atoms with Crippen LogP contribution in [0.4, 0.5) is 0 Å². The van der Waals surface area contributed by atoms with Crippen LogP contribution in [0.2, 0.25) is 0 Å². The number of likely N-dealkylation sites (N-methyl/N-ethyl adjacent to an activating group) is 1. The molecule has 1 aliphatic heterocycles. The number of hydrogen-bond donors (Lipinski definition) is 0. The Morgan fingerprint density at radius 2 is 1.64 bits per heavy atom. The molecular formula is C17H17BrN4. The molecule has 0 aromatic heterocycles. The first-order valence-electron chi connectivity index (χ1n) is 7.05. The summed E-state index contributed by atoms with van der Waals surface area (Å²) in [6.07, 6.45) is 3.46. The zero-order valence-corrected chi connectivity index (χ0v) is 14.0. The summed E-state index contributed by atoms with van der Waals surface area (Å²) in [5, 5.41) is 17.8. The van der Waals surface area contributed by atoms with Crippen LogP contribution in [-0.2, 0) is 0 Å². The van der Waals surface area contributed by atoms with Crippen molar-refractivity contribution in [2.75, 3.05) is 33.2 Å². The molecule has 1 saturated heterocycles. The molecule has 1 aliphatic rings. The first-order chi connectivity index (χ1) is 10.6. The molecule has 1 heterocycles. The van der Waals surface area contributed by atoms with Gasteiger partial charge in [0.15, 0.2) is 0 Å². The number of hydrogen-bond acceptors (Lipinski definition) is 4. The van der Waals surface area contributed by atoms with Gasteiger partial charge in [-0.1, -0.05) is 28.1 Å². The van der Waals surface area contributed by atoms with Crippen LogP contribution in [0.15, 0.2) is 46.5 Å². The fourth-order valence-electron chi connectivity index (χ4n) is 2.31. The number of halogens is 1. The van der Waals surface area contributed by atoms with E-state index in [9.17, 15) is 0 Å². The molecule has 0 radical (unpaired) electrons.